The minimum atomic E-state index is -4.21. The Morgan fingerprint density at radius 1 is 1.09 bits per heavy atom. The summed E-state index contributed by atoms with van der Waals surface area (Å²) in [5.41, 5.74) is 0.435. The minimum absolute atomic E-state index is 0.0323. The van der Waals surface area contributed by atoms with E-state index in [1.807, 2.05) is 0 Å². The number of carbonyl (C=O) groups is 2. The number of nitrogens with one attached hydrogen (secondary N) is 1. The zero-order chi connectivity index (χ0) is 24.8. The molecule has 0 aliphatic carbocycles. The van der Waals surface area contributed by atoms with E-state index in [1.165, 1.54) is 58.3 Å². The van der Waals surface area contributed by atoms with Crippen LogP contribution >= 0.6 is 0 Å². The highest BCUT2D eigenvalue weighted by atomic mass is 32.2. The summed E-state index contributed by atoms with van der Waals surface area (Å²) in [5.74, 6) is -1.27. The van der Waals surface area contributed by atoms with Gasteiger partial charge in [-0.1, -0.05) is 24.3 Å². The van der Waals surface area contributed by atoms with Crippen LogP contribution in [0.15, 0.2) is 48.5 Å². The third kappa shape index (κ3) is 6.20. The van der Waals surface area contributed by atoms with Crippen molar-refractivity contribution < 1.29 is 27.1 Å². The third-order valence-corrected chi connectivity index (χ3v) is 6.87. The van der Waals surface area contributed by atoms with Crippen LogP contribution in [-0.2, 0) is 26.3 Å². The van der Waals surface area contributed by atoms with Crippen molar-refractivity contribution >= 4 is 27.7 Å². The summed E-state index contributed by atoms with van der Waals surface area (Å²) in [5, 5.41) is 2.49. The number of hydrogen-bond donors (Lipinski definition) is 1. The van der Waals surface area contributed by atoms with Gasteiger partial charge in [-0.05, 0) is 36.8 Å². The maximum absolute atomic E-state index is 14.5. The van der Waals surface area contributed by atoms with Gasteiger partial charge in [0.15, 0.2) is 0 Å². The number of nitrogens with zero attached hydrogens (tertiary/aromatic N) is 3. The highest BCUT2D eigenvalue weighted by Crippen LogP contribution is 2.24. The van der Waals surface area contributed by atoms with E-state index in [-0.39, 0.29) is 12.2 Å². The smallest absolute Gasteiger partial charge is 0.304 e. The molecule has 180 valence electrons. The summed E-state index contributed by atoms with van der Waals surface area (Å²) in [4.78, 5) is 27.0. The quantitative estimate of drug-likeness (QED) is 0.557. The molecule has 1 N–H and O–H groups in total. The van der Waals surface area contributed by atoms with Gasteiger partial charge in [-0.3, -0.25) is 9.59 Å². The molecule has 33 heavy (non-hydrogen) atoms. The first-order valence-electron chi connectivity index (χ1n) is 10.1. The number of amides is 2. The second-order valence-corrected chi connectivity index (χ2v) is 9.47. The first-order valence-corrected chi connectivity index (χ1v) is 11.5. The maximum Gasteiger partial charge on any atom is 0.304 e. The first-order chi connectivity index (χ1) is 15.5. The molecule has 11 heteroatoms. The normalized spacial score (nSPS) is 12.2. The molecule has 0 radical (unpaired) electrons. The highest BCUT2D eigenvalue weighted by Gasteiger charge is 2.33. The number of methoxy groups -OCH3 is 1. The predicted molar refractivity (Wildman–Crippen MR) is 123 cm³/mol. The SMILES string of the molecule is CNC(=O)[C@@H](C)N(Cc1ccc(OC)cc1)C(=O)CN(c1ccccc1F)S(=O)(=O)N(C)C. The lowest BCUT2D eigenvalue weighted by Crippen LogP contribution is -2.52. The van der Waals surface area contributed by atoms with Crippen molar-refractivity contribution in [2.75, 3.05) is 39.1 Å². The summed E-state index contributed by atoms with van der Waals surface area (Å²) in [6.45, 7) is 0.873. The lowest BCUT2D eigenvalue weighted by molar-refractivity contribution is -0.139. The van der Waals surface area contributed by atoms with Crippen LogP contribution in [0.1, 0.15) is 12.5 Å². The number of rotatable bonds is 10. The zero-order valence-corrected chi connectivity index (χ0v) is 20.1. The van der Waals surface area contributed by atoms with Crippen molar-refractivity contribution in [2.24, 2.45) is 0 Å². The van der Waals surface area contributed by atoms with Crippen LogP contribution in [0.5, 0.6) is 5.75 Å². The number of likely N-dealkylation sites (N-methyl/N-ethyl adjacent to an activating group) is 1. The van der Waals surface area contributed by atoms with E-state index < -0.39 is 40.4 Å². The molecule has 2 aromatic rings. The number of hydrogen-bond acceptors (Lipinski definition) is 5. The van der Waals surface area contributed by atoms with Crippen molar-refractivity contribution in [1.82, 2.24) is 14.5 Å². The predicted octanol–water partition coefficient (Wildman–Crippen LogP) is 1.61. The van der Waals surface area contributed by atoms with Gasteiger partial charge in [0.05, 0.1) is 12.8 Å². The Labute approximate surface area is 193 Å². The number of benzene rings is 2. The molecule has 0 aliphatic rings. The maximum atomic E-state index is 14.5. The fraction of sp³-hybridized carbons (Fsp3) is 0.364. The van der Waals surface area contributed by atoms with E-state index in [2.05, 4.69) is 5.32 Å². The number of halogens is 1. The Kier molecular flexibility index (Phi) is 8.77. The van der Waals surface area contributed by atoms with E-state index in [0.717, 1.165) is 10.4 Å². The molecule has 0 aromatic heterocycles. The fourth-order valence-corrected chi connectivity index (χ4v) is 4.14. The van der Waals surface area contributed by atoms with Crippen LogP contribution in [0.3, 0.4) is 0 Å². The zero-order valence-electron chi connectivity index (χ0n) is 19.3. The number of ether oxygens (including phenoxy) is 1. The Balaban J connectivity index is 2.45. The number of carbonyl (C=O) groups excluding carboxylic acids is 2. The van der Waals surface area contributed by atoms with Crippen LogP contribution < -0.4 is 14.4 Å². The van der Waals surface area contributed by atoms with Gasteiger partial charge in [-0.15, -0.1) is 0 Å². The first kappa shape index (κ1) is 26.1. The number of anilines is 1. The lowest BCUT2D eigenvalue weighted by Gasteiger charge is -2.32. The molecule has 2 amide bonds. The molecule has 2 aromatic carbocycles. The van der Waals surface area contributed by atoms with Crippen molar-refractivity contribution in [2.45, 2.75) is 19.5 Å². The molecule has 2 rings (SSSR count). The molecule has 1 atom stereocenters. The van der Waals surface area contributed by atoms with Crippen molar-refractivity contribution in [3.63, 3.8) is 0 Å². The average Bonchev–Trinajstić information content (AvgIpc) is 2.80. The summed E-state index contributed by atoms with van der Waals surface area (Å²) in [7, 11) is 1.33. The van der Waals surface area contributed by atoms with Crippen LogP contribution in [0.2, 0.25) is 0 Å². The van der Waals surface area contributed by atoms with Gasteiger partial charge in [0, 0.05) is 27.7 Å². The van der Waals surface area contributed by atoms with Gasteiger partial charge in [0.1, 0.15) is 24.2 Å². The second-order valence-electron chi connectivity index (χ2n) is 7.41. The average molecular weight is 481 g/mol. The Bertz CT molecular complexity index is 1080. The largest absolute Gasteiger partial charge is 0.497 e. The van der Waals surface area contributed by atoms with Crippen molar-refractivity contribution in [3.05, 3.63) is 59.9 Å². The molecule has 0 aliphatic heterocycles. The van der Waals surface area contributed by atoms with Gasteiger partial charge in [-0.2, -0.15) is 12.7 Å². The van der Waals surface area contributed by atoms with Crippen LogP contribution in [0.25, 0.3) is 0 Å². The molecule has 9 nitrogen and oxygen atoms in total. The molecule has 0 saturated heterocycles. The Hall–Kier alpha value is -3.18. The van der Waals surface area contributed by atoms with Crippen molar-refractivity contribution in [1.29, 1.82) is 0 Å². The van der Waals surface area contributed by atoms with Crippen LogP contribution in [-0.4, -0.2) is 70.3 Å². The lowest BCUT2D eigenvalue weighted by atomic mass is 10.1. The summed E-state index contributed by atoms with van der Waals surface area (Å²) >= 11 is 0. The van der Waals surface area contributed by atoms with E-state index in [0.29, 0.717) is 15.6 Å². The topological polar surface area (TPSA) is 99.3 Å². The van der Waals surface area contributed by atoms with Crippen LogP contribution in [0, 0.1) is 5.82 Å². The van der Waals surface area contributed by atoms with E-state index in [1.54, 1.807) is 24.3 Å². The molecule has 0 saturated carbocycles. The van der Waals surface area contributed by atoms with Gasteiger partial charge < -0.3 is 15.0 Å². The standard InChI is InChI=1S/C22H29FN4O5S/c1-16(22(29)24-2)26(14-17-10-12-18(32-5)13-11-17)21(28)15-27(33(30,31)25(3)4)20-9-7-6-8-19(20)23/h6-13,16H,14-15H2,1-5H3,(H,24,29)/t16-/m1/s1. The van der Waals surface area contributed by atoms with E-state index >= 15 is 0 Å². The summed E-state index contributed by atoms with van der Waals surface area (Å²) < 4.78 is 47.1. The monoisotopic (exact) mass is 480 g/mol. The summed E-state index contributed by atoms with van der Waals surface area (Å²) in [6, 6.07) is 11.3. The van der Waals surface area contributed by atoms with E-state index in [9.17, 15) is 22.4 Å². The summed E-state index contributed by atoms with van der Waals surface area (Å²) in [6.07, 6.45) is 0. The minimum Gasteiger partial charge on any atom is -0.497 e. The molecule has 0 fully saturated rings. The van der Waals surface area contributed by atoms with Gasteiger partial charge in [0.2, 0.25) is 11.8 Å². The number of para-hydroxylation sites is 1. The second kappa shape index (κ2) is 11.1. The molecule has 0 bridgehead atoms. The van der Waals surface area contributed by atoms with Gasteiger partial charge >= 0.3 is 10.2 Å². The van der Waals surface area contributed by atoms with Crippen molar-refractivity contribution in [3.8, 4) is 5.75 Å². The van der Waals surface area contributed by atoms with Gasteiger partial charge in [0.25, 0.3) is 0 Å². The molecule has 0 heterocycles. The van der Waals surface area contributed by atoms with Crippen LogP contribution in [0.4, 0.5) is 10.1 Å². The molecule has 0 spiro atoms. The Morgan fingerprint density at radius 2 is 1.70 bits per heavy atom. The molecule has 0 unspecified atom stereocenters. The Morgan fingerprint density at radius 3 is 2.21 bits per heavy atom. The fourth-order valence-electron chi connectivity index (χ4n) is 3.07. The molecular weight excluding hydrogens is 451 g/mol. The highest BCUT2D eigenvalue weighted by molar-refractivity contribution is 7.90. The molecular formula is C22H29FN4O5S. The van der Waals surface area contributed by atoms with Gasteiger partial charge in [-0.25, -0.2) is 8.70 Å². The third-order valence-electron chi connectivity index (χ3n) is 5.07. The van der Waals surface area contributed by atoms with E-state index in [4.69, 9.17) is 4.74 Å².